The fourth-order valence-electron chi connectivity index (χ4n) is 1.98. The van der Waals surface area contributed by atoms with Crippen LogP contribution in [0.15, 0.2) is 41.6 Å². The van der Waals surface area contributed by atoms with Crippen molar-refractivity contribution in [2.24, 2.45) is 0 Å². The highest BCUT2D eigenvalue weighted by Gasteiger charge is 2.27. The predicted octanol–water partition coefficient (Wildman–Crippen LogP) is 1.58. The molecule has 0 saturated carbocycles. The summed E-state index contributed by atoms with van der Waals surface area (Å²) in [7, 11) is -2.66. The van der Waals surface area contributed by atoms with E-state index >= 15 is 0 Å². The van der Waals surface area contributed by atoms with E-state index in [0.29, 0.717) is 0 Å². The minimum absolute atomic E-state index is 0.0897. The van der Waals surface area contributed by atoms with Gasteiger partial charge < -0.3 is 9.30 Å². The predicted molar refractivity (Wildman–Crippen MR) is 76.9 cm³/mol. The van der Waals surface area contributed by atoms with Crippen molar-refractivity contribution in [3.8, 4) is 5.69 Å². The molecule has 0 atom stereocenters. The summed E-state index contributed by atoms with van der Waals surface area (Å²) in [4.78, 5) is 21.9. The van der Waals surface area contributed by atoms with Gasteiger partial charge in [0.25, 0.3) is 5.69 Å². The van der Waals surface area contributed by atoms with E-state index in [1.54, 1.807) is 24.5 Å². The lowest BCUT2D eigenvalue weighted by Gasteiger charge is -2.11. The molecule has 0 fully saturated rings. The number of ether oxygens (including phenoxy) is 1. The van der Waals surface area contributed by atoms with Gasteiger partial charge in [0.15, 0.2) is 9.84 Å². The van der Waals surface area contributed by atoms with Crippen LogP contribution in [-0.2, 0) is 14.6 Å². The average molecular weight is 324 g/mol. The third kappa shape index (κ3) is 2.84. The molecule has 0 N–H and O–H groups in total. The molecule has 116 valence electrons. The number of methoxy groups -OCH3 is 1. The molecule has 1 heterocycles. The number of sulfone groups is 1. The summed E-state index contributed by atoms with van der Waals surface area (Å²) in [5, 5.41) is 11.2. The van der Waals surface area contributed by atoms with Gasteiger partial charge in [0.2, 0.25) is 0 Å². The highest BCUT2D eigenvalue weighted by Crippen LogP contribution is 2.30. The summed E-state index contributed by atoms with van der Waals surface area (Å²) >= 11 is 0. The van der Waals surface area contributed by atoms with Crippen molar-refractivity contribution in [3.63, 3.8) is 0 Å². The van der Waals surface area contributed by atoms with Gasteiger partial charge in [0.05, 0.1) is 22.6 Å². The van der Waals surface area contributed by atoms with Crippen LogP contribution in [-0.4, -0.2) is 37.2 Å². The molecular formula is C13H12N2O6S. The van der Waals surface area contributed by atoms with Crippen molar-refractivity contribution in [2.45, 2.75) is 4.90 Å². The third-order valence-electron chi connectivity index (χ3n) is 2.96. The van der Waals surface area contributed by atoms with Crippen molar-refractivity contribution in [3.05, 3.63) is 52.3 Å². The van der Waals surface area contributed by atoms with Gasteiger partial charge in [-0.1, -0.05) is 0 Å². The first-order chi connectivity index (χ1) is 10.3. The lowest BCUT2D eigenvalue weighted by molar-refractivity contribution is -0.385. The van der Waals surface area contributed by atoms with Crippen LogP contribution in [0.25, 0.3) is 5.69 Å². The van der Waals surface area contributed by atoms with Crippen LogP contribution in [0.5, 0.6) is 0 Å². The highest BCUT2D eigenvalue weighted by molar-refractivity contribution is 7.90. The third-order valence-corrected chi connectivity index (χ3v) is 4.09. The summed E-state index contributed by atoms with van der Waals surface area (Å²) in [6.45, 7) is 0. The Balaban J connectivity index is 2.87. The molecule has 1 aromatic carbocycles. The number of esters is 1. The van der Waals surface area contributed by atoms with Gasteiger partial charge >= 0.3 is 5.97 Å². The van der Waals surface area contributed by atoms with Gasteiger partial charge in [0, 0.05) is 24.7 Å². The molecule has 0 radical (unpaired) electrons. The first kappa shape index (κ1) is 15.7. The normalized spacial score (nSPS) is 11.2. The topological polar surface area (TPSA) is 109 Å². The van der Waals surface area contributed by atoms with Gasteiger partial charge in [-0.3, -0.25) is 10.1 Å². The van der Waals surface area contributed by atoms with E-state index in [2.05, 4.69) is 4.74 Å². The van der Waals surface area contributed by atoms with E-state index in [0.717, 1.165) is 25.5 Å². The maximum Gasteiger partial charge on any atom is 0.344 e. The van der Waals surface area contributed by atoms with E-state index in [9.17, 15) is 23.3 Å². The Labute approximate surface area is 126 Å². The quantitative estimate of drug-likeness (QED) is 0.480. The number of nitrogens with zero attached hydrogens (tertiary/aromatic N) is 2. The lowest BCUT2D eigenvalue weighted by Crippen LogP contribution is -2.11. The number of nitro groups is 1. The van der Waals surface area contributed by atoms with Crippen LogP contribution in [0.1, 0.15) is 10.4 Å². The van der Waals surface area contributed by atoms with Crippen LogP contribution in [0, 0.1) is 10.1 Å². The summed E-state index contributed by atoms with van der Waals surface area (Å²) < 4.78 is 29.8. The summed E-state index contributed by atoms with van der Waals surface area (Å²) in [5.74, 6) is -0.976. The zero-order chi connectivity index (χ0) is 16.5. The minimum atomic E-state index is -3.72. The van der Waals surface area contributed by atoms with E-state index in [-0.39, 0.29) is 10.6 Å². The van der Waals surface area contributed by atoms with Crippen molar-refractivity contribution in [1.82, 2.24) is 4.57 Å². The lowest BCUT2D eigenvalue weighted by atomic mass is 10.1. The zero-order valence-electron chi connectivity index (χ0n) is 11.7. The molecule has 0 saturated heterocycles. The van der Waals surface area contributed by atoms with Gasteiger partial charge in [-0.2, -0.15) is 0 Å². The Bertz CT molecular complexity index is 840. The molecule has 1 aromatic heterocycles. The largest absolute Gasteiger partial charge is 0.465 e. The number of aromatic nitrogens is 1. The van der Waals surface area contributed by atoms with Crippen LogP contribution in [0.4, 0.5) is 5.69 Å². The molecule has 22 heavy (non-hydrogen) atoms. The molecule has 8 nitrogen and oxygen atoms in total. The fraction of sp³-hybridized carbons (Fsp3) is 0.154. The monoisotopic (exact) mass is 324 g/mol. The maximum atomic E-state index is 12.0. The standard InChI is InChI=1S/C13H12N2O6S/c1-21-13(16)9-7-12(22(2,19)20)11(8-10(9)15(17)18)14-5-3-4-6-14/h3-8H,1-2H3. The van der Waals surface area contributed by atoms with Gasteiger partial charge in [-0.25, -0.2) is 13.2 Å². The second-order valence-corrected chi connectivity index (χ2v) is 6.43. The van der Waals surface area contributed by atoms with Gasteiger partial charge in [0.1, 0.15) is 5.56 Å². The molecule has 0 bridgehead atoms. The van der Waals surface area contributed by atoms with Crippen LogP contribution in [0.2, 0.25) is 0 Å². The summed E-state index contributed by atoms with van der Waals surface area (Å²) in [6, 6.07) is 5.30. The van der Waals surface area contributed by atoms with Crippen LogP contribution < -0.4 is 0 Å². The van der Waals surface area contributed by atoms with E-state index in [1.807, 2.05) is 0 Å². The molecule has 2 rings (SSSR count). The number of benzene rings is 1. The van der Waals surface area contributed by atoms with Crippen LogP contribution >= 0.6 is 0 Å². The highest BCUT2D eigenvalue weighted by atomic mass is 32.2. The molecule has 2 aromatic rings. The summed E-state index contributed by atoms with van der Waals surface area (Å²) in [6.07, 6.45) is 4.05. The molecule has 0 spiro atoms. The SMILES string of the molecule is COC(=O)c1cc(S(C)(=O)=O)c(-n2cccc2)cc1[N+](=O)[O-]. The smallest absolute Gasteiger partial charge is 0.344 e. The van der Waals surface area contributed by atoms with Crippen LogP contribution in [0.3, 0.4) is 0 Å². The molecule has 0 aliphatic carbocycles. The minimum Gasteiger partial charge on any atom is -0.465 e. The van der Waals surface area contributed by atoms with E-state index in [1.165, 1.54) is 4.57 Å². The zero-order valence-corrected chi connectivity index (χ0v) is 12.5. The van der Waals surface area contributed by atoms with Crippen molar-refractivity contribution in [2.75, 3.05) is 13.4 Å². The number of carbonyl (C=O) groups excluding carboxylic acids is 1. The second kappa shape index (κ2) is 5.60. The van der Waals surface area contributed by atoms with E-state index in [4.69, 9.17) is 0 Å². The Morgan fingerprint density at radius 1 is 1.27 bits per heavy atom. The molecule has 0 aliphatic heterocycles. The van der Waals surface area contributed by atoms with Gasteiger partial charge in [-0.15, -0.1) is 0 Å². The van der Waals surface area contributed by atoms with Crippen molar-refractivity contribution >= 4 is 21.5 Å². The Hall–Kier alpha value is -2.68. The fourth-order valence-corrected chi connectivity index (χ4v) is 2.85. The number of carbonyl (C=O) groups is 1. The number of nitro benzene ring substituents is 1. The van der Waals surface area contributed by atoms with Crippen molar-refractivity contribution in [1.29, 1.82) is 0 Å². The Morgan fingerprint density at radius 3 is 2.32 bits per heavy atom. The Kier molecular flexibility index (Phi) is 4.00. The first-order valence-corrected chi connectivity index (χ1v) is 7.89. The number of rotatable bonds is 4. The number of hydrogen-bond donors (Lipinski definition) is 0. The van der Waals surface area contributed by atoms with Gasteiger partial charge in [-0.05, 0) is 18.2 Å². The summed E-state index contributed by atoms with van der Waals surface area (Å²) in [5.41, 5.74) is -0.848. The number of hydrogen-bond acceptors (Lipinski definition) is 6. The molecule has 0 aliphatic rings. The van der Waals surface area contributed by atoms with E-state index < -0.39 is 32.0 Å². The van der Waals surface area contributed by atoms with Crippen molar-refractivity contribution < 1.29 is 22.9 Å². The second-order valence-electron chi connectivity index (χ2n) is 4.45. The average Bonchev–Trinajstić information content (AvgIpc) is 2.98. The molecule has 0 amide bonds. The molecule has 9 heteroatoms. The Morgan fingerprint density at radius 2 is 1.86 bits per heavy atom. The molecule has 0 unspecified atom stereocenters. The molecular weight excluding hydrogens is 312 g/mol. The maximum absolute atomic E-state index is 12.0. The first-order valence-electron chi connectivity index (χ1n) is 6.00.